The number of hydrogen-bond donors (Lipinski definition) is 0. The fourth-order valence-electron chi connectivity index (χ4n) is 1.48. The zero-order chi connectivity index (χ0) is 9.26. The summed E-state index contributed by atoms with van der Waals surface area (Å²) in [7, 11) is 0. The number of nitrogens with zero attached hydrogens (tertiary/aromatic N) is 1. The largest absolute Gasteiger partial charge is 0.371 e. The Balaban J connectivity index is 2.21. The normalized spacial score (nSPS) is 27.4. The number of nitriles is 1. The van der Waals surface area contributed by atoms with Gasteiger partial charge in [0.25, 0.3) is 0 Å². The summed E-state index contributed by atoms with van der Waals surface area (Å²) >= 11 is 5.05. The Kier molecular flexibility index (Phi) is 2.68. The van der Waals surface area contributed by atoms with E-state index in [1.165, 1.54) is 0 Å². The van der Waals surface area contributed by atoms with Gasteiger partial charge in [-0.2, -0.15) is 5.26 Å². The highest BCUT2D eigenvalue weighted by atomic mass is 79.9. The Labute approximate surface area is 89.3 Å². The maximum absolute atomic E-state index is 8.87. The lowest BCUT2D eigenvalue weighted by Crippen LogP contribution is -2.02. The first-order valence-electron chi connectivity index (χ1n) is 4.07. The van der Waals surface area contributed by atoms with Crippen molar-refractivity contribution in [1.82, 2.24) is 0 Å². The van der Waals surface area contributed by atoms with Crippen molar-refractivity contribution in [3.8, 4) is 6.07 Å². The highest BCUT2D eigenvalue weighted by molar-refractivity contribution is 9.11. The van der Waals surface area contributed by atoms with Gasteiger partial charge in [0.1, 0.15) is 6.10 Å². The Morgan fingerprint density at radius 2 is 2.46 bits per heavy atom. The topological polar surface area (TPSA) is 33.0 Å². The van der Waals surface area contributed by atoms with E-state index in [4.69, 9.17) is 10.00 Å². The summed E-state index contributed by atoms with van der Waals surface area (Å²) in [5, 5.41) is 8.87. The molecule has 2 atom stereocenters. The summed E-state index contributed by atoms with van der Waals surface area (Å²) < 4.78 is 6.62. The van der Waals surface area contributed by atoms with Gasteiger partial charge in [0.05, 0.1) is 15.8 Å². The van der Waals surface area contributed by atoms with Crippen molar-refractivity contribution in [2.24, 2.45) is 5.92 Å². The van der Waals surface area contributed by atoms with E-state index in [-0.39, 0.29) is 12.0 Å². The Morgan fingerprint density at radius 1 is 1.62 bits per heavy atom. The van der Waals surface area contributed by atoms with Crippen LogP contribution in [0.4, 0.5) is 0 Å². The number of rotatable bonds is 1. The third kappa shape index (κ3) is 1.78. The summed E-state index contributed by atoms with van der Waals surface area (Å²) in [6.07, 6.45) is 0.859. The molecule has 1 fully saturated rings. The molecule has 4 heteroatoms. The Hall–Kier alpha value is -0.370. The second-order valence-electron chi connectivity index (χ2n) is 2.96. The molecule has 0 bridgehead atoms. The van der Waals surface area contributed by atoms with Gasteiger partial charge in [-0.05, 0) is 34.5 Å². The van der Waals surface area contributed by atoms with Crippen LogP contribution >= 0.6 is 27.3 Å². The van der Waals surface area contributed by atoms with Crippen LogP contribution in [0.3, 0.4) is 0 Å². The first-order chi connectivity index (χ1) is 6.31. The molecule has 1 saturated heterocycles. The zero-order valence-corrected chi connectivity index (χ0v) is 9.27. The molecule has 2 rings (SSSR count). The van der Waals surface area contributed by atoms with Crippen LogP contribution in [0.15, 0.2) is 15.9 Å². The van der Waals surface area contributed by atoms with Crippen molar-refractivity contribution >= 4 is 27.3 Å². The smallest absolute Gasteiger partial charge is 0.108 e. The Morgan fingerprint density at radius 3 is 3.08 bits per heavy atom. The van der Waals surface area contributed by atoms with Gasteiger partial charge in [-0.1, -0.05) is 0 Å². The molecule has 1 aliphatic rings. The fourth-order valence-corrected chi connectivity index (χ4v) is 3.02. The molecule has 0 spiro atoms. The fraction of sp³-hybridized carbons (Fsp3) is 0.444. The van der Waals surface area contributed by atoms with Crippen LogP contribution in [0.1, 0.15) is 17.4 Å². The van der Waals surface area contributed by atoms with Crippen molar-refractivity contribution < 1.29 is 4.74 Å². The molecule has 2 nitrogen and oxygen atoms in total. The summed E-state index contributed by atoms with van der Waals surface area (Å²) in [5.41, 5.74) is 0. The highest BCUT2D eigenvalue weighted by Crippen LogP contribution is 2.38. The van der Waals surface area contributed by atoms with E-state index in [1.807, 2.05) is 12.1 Å². The first-order valence-corrected chi connectivity index (χ1v) is 5.68. The summed E-state index contributed by atoms with van der Waals surface area (Å²) in [4.78, 5) is 1.15. The van der Waals surface area contributed by atoms with Gasteiger partial charge in [-0.3, -0.25) is 0 Å². The van der Waals surface area contributed by atoms with Gasteiger partial charge in [-0.15, -0.1) is 11.3 Å². The van der Waals surface area contributed by atoms with E-state index in [1.54, 1.807) is 11.3 Å². The summed E-state index contributed by atoms with van der Waals surface area (Å²) in [5.74, 6) is 0.0329. The summed E-state index contributed by atoms with van der Waals surface area (Å²) in [6, 6.07) is 6.31. The van der Waals surface area contributed by atoms with Crippen LogP contribution in [0, 0.1) is 17.2 Å². The molecular weight excluding hydrogens is 250 g/mol. The molecule has 1 aromatic rings. The third-order valence-electron chi connectivity index (χ3n) is 2.13. The van der Waals surface area contributed by atoms with Gasteiger partial charge in [0.15, 0.2) is 0 Å². The van der Waals surface area contributed by atoms with Crippen LogP contribution in [0.2, 0.25) is 0 Å². The SMILES string of the molecule is N#CC1CCOC1c1ccc(Br)s1. The molecule has 0 amide bonds. The molecule has 1 aliphatic heterocycles. The monoisotopic (exact) mass is 257 g/mol. The number of thiophene rings is 1. The standard InChI is InChI=1S/C9H8BrNOS/c10-8-2-1-7(13-8)9-6(5-11)3-4-12-9/h1-2,6,9H,3-4H2. The average molecular weight is 258 g/mol. The van der Waals surface area contributed by atoms with Crippen LogP contribution in [0.5, 0.6) is 0 Å². The highest BCUT2D eigenvalue weighted by Gasteiger charge is 2.30. The molecule has 2 heterocycles. The Bertz CT molecular complexity index is 344. The molecule has 0 aromatic carbocycles. The molecule has 1 aromatic heterocycles. The number of ether oxygens (including phenoxy) is 1. The van der Waals surface area contributed by atoms with E-state index in [9.17, 15) is 0 Å². The van der Waals surface area contributed by atoms with Crippen molar-refractivity contribution in [2.75, 3.05) is 6.61 Å². The van der Waals surface area contributed by atoms with Crippen LogP contribution < -0.4 is 0 Å². The lowest BCUT2D eigenvalue weighted by molar-refractivity contribution is 0.103. The zero-order valence-electron chi connectivity index (χ0n) is 6.87. The minimum atomic E-state index is 0.00120. The predicted octanol–water partition coefficient (Wildman–Crippen LogP) is 3.11. The number of halogens is 1. The van der Waals surface area contributed by atoms with Crippen molar-refractivity contribution in [3.63, 3.8) is 0 Å². The molecule has 2 unspecified atom stereocenters. The second kappa shape index (κ2) is 3.79. The van der Waals surface area contributed by atoms with E-state index >= 15 is 0 Å². The minimum Gasteiger partial charge on any atom is -0.371 e. The molecule has 68 valence electrons. The number of hydrogen-bond acceptors (Lipinski definition) is 3. The lowest BCUT2D eigenvalue weighted by atomic mass is 10.0. The molecule has 0 N–H and O–H groups in total. The van der Waals surface area contributed by atoms with E-state index in [0.717, 1.165) is 15.1 Å². The van der Waals surface area contributed by atoms with E-state index < -0.39 is 0 Å². The average Bonchev–Trinajstić information content (AvgIpc) is 2.71. The third-order valence-corrected chi connectivity index (χ3v) is 3.82. The molecule has 0 aliphatic carbocycles. The summed E-state index contributed by atoms with van der Waals surface area (Å²) in [6.45, 7) is 0.707. The van der Waals surface area contributed by atoms with Gasteiger partial charge in [-0.25, -0.2) is 0 Å². The maximum Gasteiger partial charge on any atom is 0.108 e. The van der Waals surface area contributed by atoms with Crippen LogP contribution in [-0.2, 0) is 4.74 Å². The van der Waals surface area contributed by atoms with Crippen molar-refractivity contribution in [1.29, 1.82) is 5.26 Å². The molecule has 13 heavy (non-hydrogen) atoms. The first kappa shape index (κ1) is 9.20. The van der Waals surface area contributed by atoms with Gasteiger partial charge < -0.3 is 4.74 Å². The lowest BCUT2D eigenvalue weighted by Gasteiger charge is -2.09. The quantitative estimate of drug-likeness (QED) is 0.775. The molecular formula is C9H8BrNOS. The van der Waals surface area contributed by atoms with Crippen molar-refractivity contribution in [2.45, 2.75) is 12.5 Å². The van der Waals surface area contributed by atoms with Crippen LogP contribution in [-0.4, -0.2) is 6.61 Å². The van der Waals surface area contributed by atoms with Gasteiger partial charge >= 0.3 is 0 Å². The predicted molar refractivity (Wildman–Crippen MR) is 54.4 cm³/mol. The van der Waals surface area contributed by atoms with E-state index in [0.29, 0.717) is 6.61 Å². The second-order valence-corrected chi connectivity index (χ2v) is 5.45. The maximum atomic E-state index is 8.87. The van der Waals surface area contributed by atoms with E-state index in [2.05, 4.69) is 22.0 Å². The van der Waals surface area contributed by atoms with Crippen molar-refractivity contribution in [3.05, 3.63) is 20.8 Å². The molecule has 0 radical (unpaired) electrons. The van der Waals surface area contributed by atoms with Gasteiger partial charge in [0.2, 0.25) is 0 Å². The van der Waals surface area contributed by atoms with Crippen LogP contribution in [0.25, 0.3) is 0 Å². The minimum absolute atomic E-state index is 0.00120. The van der Waals surface area contributed by atoms with Gasteiger partial charge in [0, 0.05) is 11.5 Å². The molecule has 0 saturated carbocycles.